The van der Waals surface area contributed by atoms with E-state index in [0.29, 0.717) is 0 Å². The highest BCUT2D eigenvalue weighted by molar-refractivity contribution is 5.99. The van der Waals surface area contributed by atoms with Gasteiger partial charge in [-0.1, -0.05) is 30.3 Å². The van der Waals surface area contributed by atoms with E-state index in [1.54, 1.807) is 7.11 Å². The van der Waals surface area contributed by atoms with Gasteiger partial charge in [-0.2, -0.15) is 0 Å². The van der Waals surface area contributed by atoms with Crippen LogP contribution in [0.2, 0.25) is 0 Å². The molecule has 5 nitrogen and oxygen atoms in total. The van der Waals surface area contributed by atoms with Crippen LogP contribution in [0.3, 0.4) is 0 Å². The monoisotopic (exact) mass is 337 g/mol. The maximum atomic E-state index is 5.89. The van der Waals surface area contributed by atoms with Crippen molar-refractivity contribution in [1.29, 1.82) is 0 Å². The average molecular weight is 337 g/mol. The van der Waals surface area contributed by atoms with E-state index < -0.39 is 5.72 Å². The molecule has 0 aromatic heterocycles. The van der Waals surface area contributed by atoms with Crippen LogP contribution in [-0.4, -0.2) is 36.7 Å². The Hall–Kier alpha value is -2.37. The third-order valence-electron chi connectivity index (χ3n) is 4.90. The van der Waals surface area contributed by atoms with E-state index in [1.165, 1.54) is 5.56 Å². The van der Waals surface area contributed by atoms with Crippen LogP contribution in [0.4, 0.5) is 0 Å². The lowest BCUT2D eigenvalue weighted by molar-refractivity contribution is -0.0901. The van der Waals surface area contributed by atoms with Gasteiger partial charge in [0.15, 0.2) is 11.6 Å². The van der Waals surface area contributed by atoms with E-state index in [9.17, 15) is 0 Å². The highest BCUT2D eigenvalue weighted by Gasteiger charge is 2.40. The molecule has 1 N–H and O–H groups in total. The second-order valence-electron chi connectivity index (χ2n) is 6.60. The zero-order valence-corrected chi connectivity index (χ0v) is 14.4. The van der Waals surface area contributed by atoms with Crippen molar-refractivity contribution in [3.05, 3.63) is 65.7 Å². The second-order valence-corrected chi connectivity index (χ2v) is 6.60. The number of amidine groups is 1. The number of methoxy groups -OCH3 is 1. The van der Waals surface area contributed by atoms with Crippen molar-refractivity contribution < 1.29 is 9.57 Å². The SMILES string of the molecule is COc1ccc(C2=NC3(CCN(Cc4ccccc4)CC3)ON2)cc1. The second kappa shape index (κ2) is 6.86. The third kappa shape index (κ3) is 3.52. The molecular formula is C20H23N3O2. The molecule has 2 aromatic rings. The van der Waals surface area contributed by atoms with Gasteiger partial charge in [0.05, 0.1) is 7.11 Å². The summed E-state index contributed by atoms with van der Waals surface area (Å²) >= 11 is 0. The maximum Gasteiger partial charge on any atom is 0.190 e. The van der Waals surface area contributed by atoms with Crippen LogP contribution in [0.5, 0.6) is 5.75 Å². The molecule has 0 bridgehead atoms. The van der Waals surface area contributed by atoms with Gasteiger partial charge < -0.3 is 4.74 Å². The van der Waals surface area contributed by atoms with Crippen molar-refractivity contribution in [1.82, 2.24) is 10.4 Å². The normalized spacial score (nSPS) is 19.5. The van der Waals surface area contributed by atoms with Crippen LogP contribution < -0.4 is 10.2 Å². The van der Waals surface area contributed by atoms with E-state index in [4.69, 9.17) is 14.6 Å². The number of nitrogens with zero attached hydrogens (tertiary/aromatic N) is 2. The fourth-order valence-corrected chi connectivity index (χ4v) is 3.38. The summed E-state index contributed by atoms with van der Waals surface area (Å²) in [5.74, 6) is 1.64. The number of piperidine rings is 1. The van der Waals surface area contributed by atoms with Crippen LogP contribution >= 0.6 is 0 Å². The van der Waals surface area contributed by atoms with Gasteiger partial charge in [-0.3, -0.25) is 4.90 Å². The molecule has 0 amide bonds. The van der Waals surface area contributed by atoms with Crippen LogP contribution in [-0.2, 0) is 11.4 Å². The lowest BCUT2D eigenvalue weighted by atomic mass is 10.0. The molecule has 0 saturated carbocycles. The Morgan fingerprint density at radius 2 is 1.80 bits per heavy atom. The third-order valence-corrected chi connectivity index (χ3v) is 4.90. The van der Waals surface area contributed by atoms with Gasteiger partial charge in [0.1, 0.15) is 5.75 Å². The Balaban J connectivity index is 1.40. The predicted molar refractivity (Wildman–Crippen MR) is 97.4 cm³/mol. The van der Waals surface area contributed by atoms with Crippen LogP contribution in [0, 0.1) is 0 Å². The van der Waals surface area contributed by atoms with Crippen LogP contribution in [0.1, 0.15) is 24.0 Å². The lowest BCUT2D eigenvalue weighted by Crippen LogP contribution is -2.44. The molecule has 1 spiro atoms. The Morgan fingerprint density at radius 1 is 1.08 bits per heavy atom. The Bertz CT molecular complexity index is 735. The largest absolute Gasteiger partial charge is 0.497 e. The number of aliphatic imine (C=N–C) groups is 1. The van der Waals surface area contributed by atoms with Crippen molar-refractivity contribution >= 4 is 5.84 Å². The summed E-state index contributed by atoms with van der Waals surface area (Å²) in [5, 5.41) is 0. The van der Waals surface area contributed by atoms with Gasteiger partial charge in [-0.15, -0.1) is 0 Å². The minimum Gasteiger partial charge on any atom is -0.497 e. The number of benzene rings is 2. The zero-order valence-electron chi connectivity index (χ0n) is 14.4. The van der Waals surface area contributed by atoms with E-state index >= 15 is 0 Å². The Morgan fingerprint density at radius 3 is 2.48 bits per heavy atom. The minimum atomic E-state index is -0.428. The summed E-state index contributed by atoms with van der Waals surface area (Å²) in [6.07, 6.45) is 1.79. The number of ether oxygens (including phenoxy) is 1. The molecule has 0 atom stereocenters. The molecule has 1 fully saturated rings. The molecule has 130 valence electrons. The Kier molecular flexibility index (Phi) is 4.42. The molecule has 2 aromatic carbocycles. The molecule has 25 heavy (non-hydrogen) atoms. The van der Waals surface area contributed by atoms with Gasteiger partial charge in [-0.25, -0.2) is 15.3 Å². The van der Waals surface area contributed by atoms with Crippen molar-refractivity contribution in [3.8, 4) is 5.75 Å². The number of hydroxylamine groups is 1. The molecule has 4 rings (SSSR count). The zero-order chi connectivity index (χ0) is 17.1. The number of likely N-dealkylation sites (tertiary alicyclic amines) is 1. The summed E-state index contributed by atoms with van der Waals surface area (Å²) in [7, 11) is 1.67. The van der Waals surface area contributed by atoms with Gasteiger partial charge in [0.2, 0.25) is 0 Å². The molecule has 2 heterocycles. The van der Waals surface area contributed by atoms with Crippen molar-refractivity contribution in [3.63, 3.8) is 0 Å². The van der Waals surface area contributed by atoms with Crippen molar-refractivity contribution in [2.24, 2.45) is 4.99 Å². The summed E-state index contributed by atoms with van der Waals surface area (Å²) < 4.78 is 5.21. The smallest absolute Gasteiger partial charge is 0.190 e. The van der Waals surface area contributed by atoms with Gasteiger partial charge in [0, 0.05) is 38.0 Å². The molecular weight excluding hydrogens is 314 g/mol. The maximum absolute atomic E-state index is 5.89. The standard InChI is InChI=1S/C20H23N3O2/c1-24-18-9-7-17(8-10-18)19-21-20(25-22-19)11-13-23(14-12-20)15-16-5-3-2-4-6-16/h2-10H,11-15H2,1H3,(H,21,22). The van der Waals surface area contributed by atoms with E-state index in [-0.39, 0.29) is 0 Å². The predicted octanol–water partition coefficient (Wildman–Crippen LogP) is 2.97. The molecule has 5 heteroatoms. The highest BCUT2D eigenvalue weighted by atomic mass is 16.7. The number of rotatable bonds is 4. The van der Waals surface area contributed by atoms with Crippen LogP contribution in [0.25, 0.3) is 0 Å². The first-order valence-corrected chi connectivity index (χ1v) is 8.71. The fraction of sp³-hybridized carbons (Fsp3) is 0.350. The van der Waals surface area contributed by atoms with Gasteiger partial charge in [0.25, 0.3) is 0 Å². The molecule has 0 radical (unpaired) electrons. The van der Waals surface area contributed by atoms with Crippen molar-refractivity contribution in [2.75, 3.05) is 20.2 Å². The average Bonchev–Trinajstić information content (AvgIpc) is 3.09. The first-order valence-electron chi connectivity index (χ1n) is 8.71. The summed E-state index contributed by atoms with van der Waals surface area (Å²) in [5.41, 5.74) is 4.97. The lowest BCUT2D eigenvalue weighted by Gasteiger charge is -2.35. The van der Waals surface area contributed by atoms with E-state index in [2.05, 4.69) is 40.7 Å². The quantitative estimate of drug-likeness (QED) is 0.932. The summed E-state index contributed by atoms with van der Waals surface area (Å²) in [4.78, 5) is 13.2. The Labute approximate surface area is 148 Å². The van der Waals surface area contributed by atoms with Gasteiger partial charge >= 0.3 is 0 Å². The fourth-order valence-electron chi connectivity index (χ4n) is 3.38. The number of hydrogen-bond donors (Lipinski definition) is 1. The van der Waals surface area contributed by atoms with Gasteiger partial charge in [-0.05, 0) is 29.8 Å². The highest BCUT2D eigenvalue weighted by Crippen LogP contribution is 2.31. The summed E-state index contributed by atoms with van der Waals surface area (Å²) in [6, 6.07) is 18.5. The first-order chi connectivity index (χ1) is 12.3. The minimum absolute atomic E-state index is 0.428. The molecule has 2 aliphatic heterocycles. The molecule has 2 aliphatic rings. The topological polar surface area (TPSA) is 46.1 Å². The van der Waals surface area contributed by atoms with E-state index in [1.807, 2.05) is 24.3 Å². The van der Waals surface area contributed by atoms with Crippen LogP contribution in [0.15, 0.2) is 59.6 Å². The molecule has 1 saturated heterocycles. The summed E-state index contributed by atoms with van der Waals surface area (Å²) in [6.45, 7) is 2.95. The number of nitrogens with one attached hydrogen (secondary N) is 1. The first kappa shape index (κ1) is 16.1. The van der Waals surface area contributed by atoms with Crippen molar-refractivity contribution in [2.45, 2.75) is 25.1 Å². The molecule has 0 aliphatic carbocycles. The molecule has 0 unspecified atom stereocenters. The van der Waals surface area contributed by atoms with E-state index in [0.717, 1.165) is 49.6 Å². The number of hydrogen-bond acceptors (Lipinski definition) is 5.